The molecule has 3 rings (SSSR count). The van der Waals surface area contributed by atoms with Gasteiger partial charge in [0.25, 0.3) is 0 Å². The zero-order valence-electron chi connectivity index (χ0n) is 13.6. The van der Waals surface area contributed by atoms with Crippen molar-refractivity contribution in [1.82, 2.24) is 0 Å². The topological polar surface area (TPSA) is 0 Å². The summed E-state index contributed by atoms with van der Waals surface area (Å²) in [4.78, 5) is 0. The number of aryl methyl sites for hydroxylation is 1. The van der Waals surface area contributed by atoms with Gasteiger partial charge in [-0.25, -0.2) is 8.78 Å². The number of rotatable bonds is 0. The summed E-state index contributed by atoms with van der Waals surface area (Å²) in [5.74, 6) is 9.83. The predicted molar refractivity (Wildman–Crippen MR) is 95.9 cm³/mol. The Morgan fingerprint density at radius 3 is 1.60 bits per heavy atom. The maximum atomic E-state index is 14.2. The third-order valence-electron chi connectivity index (χ3n) is 3.57. The summed E-state index contributed by atoms with van der Waals surface area (Å²) in [6.07, 6.45) is 0. The lowest BCUT2D eigenvalue weighted by atomic mass is 10.1. The van der Waals surface area contributed by atoms with E-state index in [9.17, 15) is 8.78 Å². The molecule has 25 heavy (non-hydrogen) atoms. The lowest BCUT2D eigenvalue weighted by Crippen LogP contribution is -1.91. The predicted octanol–water partition coefficient (Wildman–Crippen LogP) is 5.07. The van der Waals surface area contributed by atoms with Gasteiger partial charge in [0.2, 0.25) is 0 Å². The Bertz CT molecular complexity index is 1010. The van der Waals surface area contributed by atoms with Gasteiger partial charge in [-0.3, -0.25) is 0 Å². The second-order valence-electron chi connectivity index (χ2n) is 5.54. The summed E-state index contributed by atoms with van der Waals surface area (Å²) in [7, 11) is 0. The Balaban J connectivity index is 1.88. The van der Waals surface area contributed by atoms with Crippen molar-refractivity contribution in [3.63, 3.8) is 0 Å². The minimum absolute atomic E-state index is 0.0160. The number of hydrogen-bond acceptors (Lipinski definition) is 0. The average Bonchev–Trinajstić information content (AvgIpc) is 2.63. The van der Waals surface area contributed by atoms with Crippen LogP contribution in [0.5, 0.6) is 0 Å². The van der Waals surface area contributed by atoms with Gasteiger partial charge in [-0.15, -0.1) is 0 Å². The summed E-state index contributed by atoms with van der Waals surface area (Å²) in [5, 5.41) is 0. The largest absolute Gasteiger partial charge is 0.206 e. The molecule has 2 heteroatoms. The van der Waals surface area contributed by atoms with Crippen LogP contribution in [0.1, 0.15) is 27.8 Å². The van der Waals surface area contributed by atoms with Crippen molar-refractivity contribution in [1.29, 1.82) is 0 Å². The fourth-order valence-electron chi connectivity index (χ4n) is 2.18. The van der Waals surface area contributed by atoms with E-state index in [1.165, 1.54) is 0 Å². The van der Waals surface area contributed by atoms with Crippen LogP contribution in [-0.4, -0.2) is 0 Å². The molecule has 0 atom stereocenters. The summed E-state index contributed by atoms with van der Waals surface area (Å²) < 4.78 is 28.4. The first-order chi connectivity index (χ1) is 12.1. The molecule has 0 N–H and O–H groups in total. The maximum Gasteiger partial charge on any atom is 0.140 e. The second-order valence-corrected chi connectivity index (χ2v) is 5.54. The van der Waals surface area contributed by atoms with E-state index in [1.54, 1.807) is 0 Å². The van der Waals surface area contributed by atoms with Crippen molar-refractivity contribution in [2.75, 3.05) is 0 Å². The van der Waals surface area contributed by atoms with Crippen LogP contribution in [0.25, 0.3) is 0 Å². The third-order valence-corrected chi connectivity index (χ3v) is 3.57. The first-order valence-corrected chi connectivity index (χ1v) is 7.76. The van der Waals surface area contributed by atoms with E-state index in [0.717, 1.165) is 28.8 Å². The quantitative estimate of drug-likeness (QED) is 0.505. The van der Waals surface area contributed by atoms with Crippen LogP contribution < -0.4 is 0 Å². The molecule has 0 bridgehead atoms. The van der Waals surface area contributed by atoms with E-state index >= 15 is 0 Å². The molecule has 0 unspecified atom stereocenters. The molecule has 120 valence electrons. The van der Waals surface area contributed by atoms with Gasteiger partial charge in [-0.2, -0.15) is 0 Å². The van der Waals surface area contributed by atoms with Crippen molar-refractivity contribution in [2.24, 2.45) is 0 Å². The highest BCUT2D eigenvalue weighted by Crippen LogP contribution is 2.14. The van der Waals surface area contributed by atoms with Crippen molar-refractivity contribution in [3.05, 3.63) is 106 Å². The number of hydrogen-bond donors (Lipinski definition) is 0. The van der Waals surface area contributed by atoms with Crippen LogP contribution in [0.4, 0.5) is 8.78 Å². The number of benzene rings is 3. The van der Waals surface area contributed by atoms with Gasteiger partial charge in [0.15, 0.2) is 0 Å². The molecule has 0 aliphatic rings. The molecule has 3 aromatic rings. The van der Waals surface area contributed by atoms with Crippen molar-refractivity contribution in [2.45, 2.75) is 6.92 Å². The SMILES string of the molecule is Cc1ccc(C#Cc2cc(F)c(C#Cc3ccccc3)cc2F)cc1. The average molecular weight is 328 g/mol. The first-order valence-electron chi connectivity index (χ1n) is 7.76. The van der Waals surface area contributed by atoms with Crippen LogP contribution in [0.2, 0.25) is 0 Å². The van der Waals surface area contributed by atoms with Gasteiger partial charge in [-0.1, -0.05) is 59.6 Å². The number of halogens is 2. The van der Waals surface area contributed by atoms with Gasteiger partial charge in [-0.05, 0) is 43.3 Å². The van der Waals surface area contributed by atoms with Crippen LogP contribution >= 0.6 is 0 Å². The molecule has 3 aromatic carbocycles. The lowest BCUT2D eigenvalue weighted by molar-refractivity contribution is 0.594. The van der Waals surface area contributed by atoms with E-state index < -0.39 is 11.6 Å². The van der Waals surface area contributed by atoms with Crippen LogP contribution in [0, 0.1) is 42.2 Å². The smallest absolute Gasteiger partial charge is 0.140 e. The Kier molecular flexibility index (Phi) is 4.93. The summed E-state index contributed by atoms with van der Waals surface area (Å²) in [6.45, 7) is 1.97. The molecule has 0 nitrogen and oxygen atoms in total. The molecule has 0 aliphatic heterocycles. The molecule has 0 aromatic heterocycles. The maximum absolute atomic E-state index is 14.2. The van der Waals surface area contributed by atoms with Crippen LogP contribution in [-0.2, 0) is 0 Å². The molecule has 0 saturated heterocycles. The third kappa shape index (κ3) is 4.34. The van der Waals surface area contributed by atoms with E-state index in [0.29, 0.717) is 0 Å². The fourth-order valence-corrected chi connectivity index (χ4v) is 2.18. The minimum Gasteiger partial charge on any atom is -0.206 e. The highest BCUT2D eigenvalue weighted by atomic mass is 19.1. The monoisotopic (exact) mass is 328 g/mol. The molecule has 0 heterocycles. The van der Waals surface area contributed by atoms with Gasteiger partial charge in [0.05, 0.1) is 11.1 Å². The minimum atomic E-state index is -0.585. The molecular formula is C23H14F2. The van der Waals surface area contributed by atoms with Crippen molar-refractivity contribution in [3.8, 4) is 23.7 Å². The Morgan fingerprint density at radius 1 is 0.600 bits per heavy atom. The Labute approximate surface area is 146 Å². The van der Waals surface area contributed by atoms with Gasteiger partial charge in [0, 0.05) is 11.1 Å². The van der Waals surface area contributed by atoms with E-state index in [1.807, 2.05) is 61.5 Å². The van der Waals surface area contributed by atoms with Crippen molar-refractivity contribution >= 4 is 0 Å². The highest BCUT2D eigenvalue weighted by molar-refractivity contribution is 5.49. The highest BCUT2D eigenvalue weighted by Gasteiger charge is 2.07. The van der Waals surface area contributed by atoms with E-state index in [2.05, 4.69) is 23.7 Å². The normalized spacial score (nSPS) is 9.56. The Morgan fingerprint density at radius 2 is 1.08 bits per heavy atom. The second kappa shape index (κ2) is 7.47. The van der Waals surface area contributed by atoms with Gasteiger partial charge in [0.1, 0.15) is 11.6 Å². The zero-order valence-corrected chi connectivity index (χ0v) is 13.6. The lowest BCUT2D eigenvalue weighted by Gasteiger charge is -1.99. The summed E-state index contributed by atoms with van der Waals surface area (Å²) in [5.41, 5.74) is 2.64. The van der Waals surface area contributed by atoms with E-state index in [4.69, 9.17) is 0 Å². The Hall–Kier alpha value is -3.36. The summed E-state index contributed by atoms with van der Waals surface area (Å²) >= 11 is 0. The molecule has 0 amide bonds. The molecule has 0 saturated carbocycles. The van der Waals surface area contributed by atoms with Crippen LogP contribution in [0.3, 0.4) is 0 Å². The molecule has 0 fully saturated rings. The summed E-state index contributed by atoms with van der Waals surface area (Å²) in [6, 6.07) is 18.9. The fraction of sp³-hybridized carbons (Fsp3) is 0.0435. The molecular weight excluding hydrogens is 314 g/mol. The van der Waals surface area contributed by atoms with Crippen molar-refractivity contribution < 1.29 is 8.78 Å². The zero-order chi connectivity index (χ0) is 17.6. The van der Waals surface area contributed by atoms with Gasteiger partial charge >= 0.3 is 0 Å². The first kappa shape index (κ1) is 16.5. The molecule has 0 radical (unpaired) electrons. The van der Waals surface area contributed by atoms with Gasteiger partial charge < -0.3 is 0 Å². The molecule has 0 spiro atoms. The van der Waals surface area contributed by atoms with Crippen LogP contribution in [0.15, 0.2) is 66.7 Å². The standard InChI is InChI=1S/C23H14F2/c1-17-7-9-19(10-8-17)12-14-21-16-22(24)20(15-23(21)25)13-11-18-5-3-2-4-6-18/h2-10,15-16H,1H3. The molecule has 0 aliphatic carbocycles. The van der Waals surface area contributed by atoms with E-state index in [-0.39, 0.29) is 11.1 Å².